The Labute approximate surface area is 146 Å². The lowest BCUT2D eigenvalue weighted by molar-refractivity contribution is 0.102. The quantitative estimate of drug-likeness (QED) is 0.699. The maximum Gasteiger partial charge on any atom is 0.257 e. The largest absolute Gasteiger partial charge is 0.328 e. The highest BCUT2D eigenvalue weighted by atomic mass is 16.1. The number of nitrogens with zero attached hydrogens (tertiary/aromatic N) is 1. The molecule has 0 fully saturated rings. The van der Waals surface area contributed by atoms with Gasteiger partial charge in [0.25, 0.3) is 5.91 Å². The number of aromatic nitrogens is 2. The Bertz CT molecular complexity index is 928. The lowest BCUT2D eigenvalue weighted by atomic mass is 10.0. The number of benzene rings is 2. The number of hydrogen-bond acceptors (Lipinski definition) is 3. The maximum atomic E-state index is 12.2. The summed E-state index contributed by atoms with van der Waals surface area (Å²) in [6.45, 7) is 4.17. The van der Waals surface area contributed by atoms with Crippen molar-refractivity contribution in [1.29, 1.82) is 0 Å². The van der Waals surface area contributed by atoms with Crippen molar-refractivity contribution in [3.05, 3.63) is 82.2 Å². The Morgan fingerprint density at radius 2 is 2.00 bits per heavy atom. The van der Waals surface area contributed by atoms with Crippen molar-refractivity contribution in [1.82, 2.24) is 9.97 Å². The van der Waals surface area contributed by atoms with E-state index in [2.05, 4.69) is 47.3 Å². The van der Waals surface area contributed by atoms with E-state index in [0.717, 1.165) is 5.69 Å². The summed E-state index contributed by atoms with van der Waals surface area (Å²) in [7, 11) is 0. The predicted octanol–water partition coefficient (Wildman–Crippen LogP) is 3.68. The molecule has 3 aromatic rings. The van der Waals surface area contributed by atoms with Crippen molar-refractivity contribution in [2.75, 3.05) is 5.32 Å². The van der Waals surface area contributed by atoms with E-state index in [4.69, 9.17) is 0 Å². The van der Waals surface area contributed by atoms with E-state index in [1.165, 1.54) is 16.7 Å². The second-order valence-corrected chi connectivity index (χ2v) is 6.05. The van der Waals surface area contributed by atoms with E-state index in [9.17, 15) is 9.59 Å². The molecule has 25 heavy (non-hydrogen) atoms. The van der Waals surface area contributed by atoms with Gasteiger partial charge in [0, 0.05) is 23.2 Å². The van der Waals surface area contributed by atoms with Crippen LogP contribution in [0.2, 0.25) is 0 Å². The summed E-state index contributed by atoms with van der Waals surface area (Å²) < 4.78 is 0. The molecule has 2 aromatic carbocycles. The third-order valence-electron chi connectivity index (χ3n) is 4.11. The molecule has 0 atom stereocenters. The van der Waals surface area contributed by atoms with Crippen LogP contribution >= 0.6 is 0 Å². The Balaban J connectivity index is 1.69. The molecule has 1 aromatic heterocycles. The summed E-state index contributed by atoms with van der Waals surface area (Å²) in [6, 6.07) is 12.9. The van der Waals surface area contributed by atoms with E-state index in [0.29, 0.717) is 29.8 Å². The van der Waals surface area contributed by atoms with Gasteiger partial charge in [0.1, 0.15) is 6.29 Å². The fourth-order valence-electron chi connectivity index (χ4n) is 2.58. The van der Waals surface area contributed by atoms with Gasteiger partial charge in [-0.3, -0.25) is 14.9 Å². The van der Waals surface area contributed by atoms with Gasteiger partial charge in [0.05, 0.1) is 6.20 Å². The van der Waals surface area contributed by atoms with E-state index in [1.54, 1.807) is 30.5 Å². The summed E-state index contributed by atoms with van der Waals surface area (Å²) in [6.07, 6.45) is 3.14. The minimum absolute atomic E-state index is 0.309. The van der Waals surface area contributed by atoms with Crippen molar-refractivity contribution in [2.45, 2.75) is 20.3 Å². The lowest BCUT2D eigenvalue weighted by Crippen LogP contribution is -2.13. The van der Waals surface area contributed by atoms with Crippen LogP contribution in [0.4, 0.5) is 5.95 Å². The number of hydrogen-bond donors (Lipinski definition) is 2. The van der Waals surface area contributed by atoms with Gasteiger partial charge < -0.3 is 4.98 Å². The first-order chi connectivity index (χ1) is 12.0. The molecule has 0 spiro atoms. The Morgan fingerprint density at radius 3 is 2.76 bits per heavy atom. The number of H-pyrrole nitrogens is 1. The molecule has 2 N–H and O–H groups in total. The van der Waals surface area contributed by atoms with Crippen LogP contribution in [-0.4, -0.2) is 22.2 Å². The molecule has 5 nitrogen and oxygen atoms in total. The van der Waals surface area contributed by atoms with Crippen LogP contribution in [0, 0.1) is 13.8 Å². The zero-order valence-electron chi connectivity index (χ0n) is 14.2. The number of carbonyl (C=O) groups is 2. The Kier molecular flexibility index (Phi) is 4.75. The van der Waals surface area contributed by atoms with Gasteiger partial charge in [-0.25, -0.2) is 4.98 Å². The van der Waals surface area contributed by atoms with E-state index >= 15 is 0 Å². The number of nitrogens with one attached hydrogen (secondary N) is 2. The Morgan fingerprint density at radius 1 is 1.16 bits per heavy atom. The molecule has 1 heterocycles. The first-order valence-electron chi connectivity index (χ1n) is 8.02. The summed E-state index contributed by atoms with van der Waals surface area (Å²) in [5.41, 5.74) is 5.49. The van der Waals surface area contributed by atoms with Gasteiger partial charge in [-0.2, -0.15) is 0 Å². The van der Waals surface area contributed by atoms with Crippen LogP contribution in [0.5, 0.6) is 0 Å². The second kappa shape index (κ2) is 7.13. The smallest absolute Gasteiger partial charge is 0.257 e. The molecule has 5 heteroatoms. The highest BCUT2D eigenvalue weighted by Crippen LogP contribution is 2.14. The Hall–Kier alpha value is -3.21. The highest BCUT2D eigenvalue weighted by molar-refractivity contribution is 6.04. The monoisotopic (exact) mass is 333 g/mol. The molecule has 126 valence electrons. The van der Waals surface area contributed by atoms with Crippen LogP contribution < -0.4 is 5.32 Å². The van der Waals surface area contributed by atoms with Gasteiger partial charge in [0.15, 0.2) is 0 Å². The molecule has 0 unspecified atom stereocenters. The average Bonchev–Trinajstić information content (AvgIpc) is 3.05. The predicted molar refractivity (Wildman–Crippen MR) is 97.1 cm³/mol. The molecule has 0 radical (unpaired) electrons. The molecule has 1 amide bonds. The van der Waals surface area contributed by atoms with Crippen LogP contribution in [-0.2, 0) is 6.42 Å². The summed E-state index contributed by atoms with van der Waals surface area (Å²) >= 11 is 0. The van der Waals surface area contributed by atoms with E-state index in [1.807, 2.05) is 0 Å². The number of carbonyl (C=O) groups excluding carboxylic acids is 2. The van der Waals surface area contributed by atoms with Crippen LogP contribution in [0.3, 0.4) is 0 Å². The number of imidazole rings is 1. The van der Waals surface area contributed by atoms with Gasteiger partial charge in [0.2, 0.25) is 5.95 Å². The highest BCUT2D eigenvalue weighted by Gasteiger charge is 2.09. The lowest BCUT2D eigenvalue weighted by Gasteiger charge is -2.04. The van der Waals surface area contributed by atoms with Crippen molar-refractivity contribution >= 4 is 18.1 Å². The third-order valence-corrected chi connectivity index (χ3v) is 4.11. The molecule has 0 saturated carbocycles. The van der Waals surface area contributed by atoms with E-state index in [-0.39, 0.29) is 5.91 Å². The minimum Gasteiger partial charge on any atom is -0.328 e. The van der Waals surface area contributed by atoms with Crippen LogP contribution in [0.25, 0.3) is 0 Å². The van der Waals surface area contributed by atoms with Crippen molar-refractivity contribution in [3.63, 3.8) is 0 Å². The molecule has 0 bridgehead atoms. The average molecular weight is 333 g/mol. The molecular formula is C20H19N3O2. The van der Waals surface area contributed by atoms with Gasteiger partial charge >= 0.3 is 0 Å². The number of aldehydes is 1. The SMILES string of the molecule is Cc1ccc(Cc2cnc(NC(=O)c3cccc(C=O)c3)[nH]2)cc1C. The first kappa shape index (κ1) is 16.6. The number of amides is 1. The normalized spacial score (nSPS) is 10.5. The summed E-state index contributed by atoms with van der Waals surface area (Å²) in [5.74, 6) is 0.0797. The van der Waals surface area contributed by atoms with Gasteiger partial charge in [-0.1, -0.05) is 30.3 Å². The fourth-order valence-corrected chi connectivity index (χ4v) is 2.58. The fraction of sp³-hybridized carbons (Fsp3) is 0.150. The maximum absolute atomic E-state index is 12.2. The zero-order chi connectivity index (χ0) is 17.8. The number of aromatic amines is 1. The van der Waals surface area contributed by atoms with Gasteiger partial charge in [-0.15, -0.1) is 0 Å². The third kappa shape index (κ3) is 4.01. The van der Waals surface area contributed by atoms with Crippen molar-refractivity contribution < 1.29 is 9.59 Å². The summed E-state index contributed by atoms with van der Waals surface area (Å²) in [5, 5.41) is 2.71. The molecule has 3 rings (SSSR count). The standard InChI is InChI=1S/C20H19N3O2/c1-13-6-7-15(8-14(13)2)10-18-11-21-20(22-18)23-19(25)17-5-3-4-16(9-17)12-24/h3-9,11-12H,10H2,1-2H3,(H2,21,22,23,25). The molecular weight excluding hydrogens is 314 g/mol. The number of rotatable bonds is 5. The topological polar surface area (TPSA) is 74.8 Å². The van der Waals surface area contributed by atoms with Gasteiger partial charge in [-0.05, 0) is 42.7 Å². The van der Waals surface area contributed by atoms with E-state index < -0.39 is 0 Å². The van der Waals surface area contributed by atoms with Crippen molar-refractivity contribution in [2.24, 2.45) is 0 Å². The molecule has 0 aliphatic heterocycles. The molecule has 0 saturated heterocycles. The second-order valence-electron chi connectivity index (χ2n) is 6.05. The molecule has 0 aliphatic rings. The molecule has 0 aliphatic carbocycles. The van der Waals surface area contributed by atoms with Crippen molar-refractivity contribution in [3.8, 4) is 0 Å². The minimum atomic E-state index is -0.309. The van der Waals surface area contributed by atoms with Crippen LogP contribution in [0.1, 0.15) is 43.1 Å². The number of anilines is 1. The number of aryl methyl sites for hydroxylation is 2. The van der Waals surface area contributed by atoms with Crippen LogP contribution in [0.15, 0.2) is 48.7 Å². The first-order valence-corrected chi connectivity index (χ1v) is 8.02. The summed E-state index contributed by atoms with van der Waals surface area (Å²) in [4.78, 5) is 30.4. The zero-order valence-corrected chi connectivity index (χ0v) is 14.2.